The van der Waals surface area contributed by atoms with Gasteiger partial charge in [-0.05, 0) is 36.4 Å². The lowest BCUT2D eigenvalue weighted by molar-refractivity contribution is -0.384. The summed E-state index contributed by atoms with van der Waals surface area (Å²) in [6.07, 6.45) is 2.39. The number of non-ortho nitro benzene ring substituents is 1. The predicted molar refractivity (Wildman–Crippen MR) is 148 cm³/mol. The fraction of sp³-hybridized carbons (Fsp3) is 0.214. The standard InChI is InChI=1S/C28H22FN7O8/c29-24-11-19(35-15-22(42-27(35)37)14-34-10-9-31-33-34)4-7-23(24)17-1-8-25(30-13-17)26-12-21(44-32-26)16-41-28(38)43-20-5-2-18(3-6-20)36(39)40/h1-11,13,21-22H,12,14-16H2/t21-,22-/m0/s1. The Balaban J connectivity index is 1.01. The third kappa shape index (κ3) is 6.28. The number of aromatic nitrogens is 4. The third-order valence-electron chi connectivity index (χ3n) is 6.74. The summed E-state index contributed by atoms with van der Waals surface area (Å²) >= 11 is 0. The largest absolute Gasteiger partial charge is 0.513 e. The molecule has 2 aliphatic rings. The zero-order valence-corrected chi connectivity index (χ0v) is 22.7. The Hall–Kier alpha value is -5.93. The number of amides is 1. The number of cyclic esters (lactones) is 1. The fourth-order valence-electron chi connectivity index (χ4n) is 4.59. The molecule has 4 aromatic rings. The van der Waals surface area contributed by atoms with Crippen LogP contribution in [0.2, 0.25) is 0 Å². The third-order valence-corrected chi connectivity index (χ3v) is 6.74. The highest BCUT2D eigenvalue weighted by molar-refractivity contribution is 5.99. The maximum atomic E-state index is 15.2. The summed E-state index contributed by atoms with van der Waals surface area (Å²) in [6.45, 7) is 0.423. The quantitative estimate of drug-likeness (QED) is 0.116. The molecule has 16 heteroatoms. The Morgan fingerprint density at radius 2 is 1.98 bits per heavy atom. The lowest BCUT2D eigenvalue weighted by Crippen LogP contribution is -2.26. The topological polar surface area (TPSA) is 173 Å². The van der Waals surface area contributed by atoms with Gasteiger partial charge in [0, 0.05) is 42.1 Å². The van der Waals surface area contributed by atoms with Gasteiger partial charge in [0.2, 0.25) is 0 Å². The molecule has 15 nitrogen and oxygen atoms in total. The molecule has 2 aromatic carbocycles. The first-order valence-electron chi connectivity index (χ1n) is 13.2. The molecule has 1 fully saturated rings. The second kappa shape index (κ2) is 12.1. The first kappa shape index (κ1) is 28.2. The molecule has 0 unspecified atom stereocenters. The van der Waals surface area contributed by atoms with E-state index in [9.17, 15) is 19.7 Å². The lowest BCUT2D eigenvalue weighted by Gasteiger charge is -2.14. The molecule has 0 bridgehead atoms. The Kier molecular flexibility index (Phi) is 7.77. The number of ether oxygens (including phenoxy) is 3. The number of carbonyl (C=O) groups is 2. The smallest absolute Gasteiger partial charge is 0.442 e. The van der Waals surface area contributed by atoms with Gasteiger partial charge in [0.1, 0.15) is 30.0 Å². The highest BCUT2D eigenvalue weighted by atomic mass is 19.1. The summed E-state index contributed by atoms with van der Waals surface area (Å²) < 4.78 is 32.2. The number of nitro benzene ring substituents is 1. The number of hydrogen-bond donors (Lipinski definition) is 0. The van der Waals surface area contributed by atoms with Crippen molar-refractivity contribution in [3.63, 3.8) is 0 Å². The average Bonchev–Trinajstić information content (AvgIpc) is 3.79. The van der Waals surface area contributed by atoms with E-state index in [-0.39, 0.29) is 24.6 Å². The number of oxime groups is 1. The molecule has 4 heterocycles. The van der Waals surface area contributed by atoms with Gasteiger partial charge in [-0.2, -0.15) is 0 Å². The number of pyridine rings is 1. The molecule has 0 N–H and O–H groups in total. The van der Waals surface area contributed by atoms with E-state index in [1.807, 2.05) is 0 Å². The molecule has 6 rings (SSSR count). The highest BCUT2D eigenvalue weighted by Crippen LogP contribution is 2.29. The average molecular weight is 604 g/mol. The van der Waals surface area contributed by atoms with E-state index < -0.39 is 35.2 Å². The van der Waals surface area contributed by atoms with Crippen LogP contribution in [-0.2, 0) is 20.9 Å². The molecule has 44 heavy (non-hydrogen) atoms. The minimum atomic E-state index is -1.00. The summed E-state index contributed by atoms with van der Waals surface area (Å²) in [5.41, 5.74) is 2.04. The van der Waals surface area contributed by atoms with Gasteiger partial charge < -0.3 is 19.0 Å². The number of nitro groups is 1. The first-order valence-corrected chi connectivity index (χ1v) is 13.2. The van der Waals surface area contributed by atoms with Crippen molar-refractivity contribution in [2.45, 2.75) is 25.2 Å². The normalized spacial score (nSPS) is 17.5. The molecule has 2 aliphatic heterocycles. The summed E-state index contributed by atoms with van der Waals surface area (Å²) in [6, 6.07) is 12.8. The summed E-state index contributed by atoms with van der Waals surface area (Å²) in [5, 5.41) is 22.3. The van der Waals surface area contributed by atoms with E-state index in [4.69, 9.17) is 19.0 Å². The van der Waals surface area contributed by atoms with Crippen molar-refractivity contribution in [2.24, 2.45) is 5.16 Å². The van der Waals surface area contributed by atoms with Crippen LogP contribution in [0.3, 0.4) is 0 Å². The van der Waals surface area contributed by atoms with Gasteiger partial charge in [0.25, 0.3) is 5.69 Å². The summed E-state index contributed by atoms with van der Waals surface area (Å²) in [4.78, 5) is 45.6. The van der Waals surface area contributed by atoms with Crippen LogP contribution in [0.25, 0.3) is 11.1 Å². The van der Waals surface area contributed by atoms with Crippen molar-refractivity contribution in [3.8, 4) is 16.9 Å². The SMILES string of the molecule is O=C(OC[C@@H]1CC(c2ccc(-c3ccc(N4C[C@H](Cn5ccnn5)OC4=O)cc3F)cn2)=NO1)Oc1ccc([N+](=O)[O-])cc1. The number of hydrogen-bond acceptors (Lipinski definition) is 12. The van der Waals surface area contributed by atoms with Crippen LogP contribution in [0.15, 0.2) is 78.3 Å². The minimum Gasteiger partial charge on any atom is -0.442 e. The Morgan fingerprint density at radius 1 is 1.14 bits per heavy atom. The van der Waals surface area contributed by atoms with Gasteiger partial charge >= 0.3 is 12.2 Å². The van der Waals surface area contributed by atoms with Crippen molar-refractivity contribution in [3.05, 3.63) is 94.8 Å². The summed E-state index contributed by atoms with van der Waals surface area (Å²) in [5.74, 6) is -0.448. The molecule has 224 valence electrons. The van der Waals surface area contributed by atoms with Crippen molar-refractivity contribution in [1.29, 1.82) is 0 Å². The number of carbonyl (C=O) groups excluding carboxylic acids is 2. The molecule has 0 radical (unpaired) electrons. The second-order valence-corrected chi connectivity index (χ2v) is 9.72. The zero-order valence-electron chi connectivity index (χ0n) is 22.7. The van der Waals surface area contributed by atoms with Crippen LogP contribution in [0.1, 0.15) is 12.1 Å². The van der Waals surface area contributed by atoms with E-state index >= 15 is 4.39 Å². The number of benzene rings is 2. The van der Waals surface area contributed by atoms with Crippen LogP contribution in [0.5, 0.6) is 5.75 Å². The minimum absolute atomic E-state index is 0.0896. The van der Waals surface area contributed by atoms with E-state index in [0.717, 1.165) is 0 Å². The van der Waals surface area contributed by atoms with Crippen molar-refractivity contribution >= 4 is 29.3 Å². The second-order valence-electron chi connectivity index (χ2n) is 9.72. The zero-order chi connectivity index (χ0) is 30.6. The molecular formula is C28H22FN7O8. The van der Waals surface area contributed by atoms with Crippen LogP contribution >= 0.6 is 0 Å². The monoisotopic (exact) mass is 603 g/mol. The summed E-state index contributed by atoms with van der Waals surface area (Å²) in [7, 11) is 0. The first-order chi connectivity index (χ1) is 21.3. The number of rotatable bonds is 9. The Labute approximate surface area is 247 Å². The van der Waals surface area contributed by atoms with Gasteiger partial charge in [0.15, 0.2) is 6.10 Å². The van der Waals surface area contributed by atoms with E-state index in [0.29, 0.717) is 41.2 Å². The molecule has 2 aromatic heterocycles. The molecular weight excluding hydrogens is 581 g/mol. The van der Waals surface area contributed by atoms with E-state index in [1.165, 1.54) is 47.6 Å². The maximum Gasteiger partial charge on any atom is 0.513 e. The van der Waals surface area contributed by atoms with E-state index in [1.54, 1.807) is 35.1 Å². The van der Waals surface area contributed by atoms with Crippen molar-refractivity contribution < 1.29 is 38.0 Å². The van der Waals surface area contributed by atoms with Gasteiger partial charge in [-0.3, -0.25) is 20.0 Å². The molecule has 2 atom stereocenters. The van der Waals surface area contributed by atoms with Gasteiger partial charge in [-0.1, -0.05) is 16.4 Å². The lowest BCUT2D eigenvalue weighted by atomic mass is 10.0. The van der Waals surface area contributed by atoms with Crippen molar-refractivity contribution in [1.82, 2.24) is 20.0 Å². The Morgan fingerprint density at radius 3 is 2.68 bits per heavy atom. The van der Waals surface area contributed by atoms with Crippen LogP contribution in [-0.4, -0.2) is 68.2 Å². The van der Waals surface area contributed by atoms with Crippen LogP contribution in [0.4, 0.5) is 25.4 Å². The Bertz CT molecular complexity index is 1720. The van der Waals surface area contributed by atoms with Gasteiger partial charge in [-0.25, -0.2) is 18.7 Å². The van der Waals surface area contributed by atoms with Gasteiger partial charge in [0.05, 0.1) is 35.6 Å². The highest BCUT2D eigenvalue weighted by Gasteiger charge is 2.33. The number of nitrogens with zero attached hydrogens (tertiary/aromatic N) is 7. The fourth-order valence-corrected chi connectivity index (χ4v) is 4.59. The van der Waals surface area contributed by atoms with Crippen LogP contribution in [0, 0.1) is 15.9 Å². The predicted octanol–water partition coefficient (Wildman–Crippen LogP) is 4.12. The van der Waals surface area contributed by atoms with Crippen molar-refractivity contribution in [2.75, 3.05) is 18.1 Å². The van der Waals surface area contributed by atoms with Crippen LogP contribution < -0.4 is 9.64 Å². The number of anilines is 1. The maximum absolute atomic E-state index is 15.2. The molecule has 0 spiro atoms. The van der Waals surface area contributed by atoms with E-state index in [2.05, 4.69) is 20.5 Å². The molecule has 0 aliphatic carbocycles. The molecule has 0 saturated carbocycles. The molecule has 1 saturated heterocycles. The van der Waals surface area contributed by atoms with Gasteiger partial charge in [-0.15, -0.1) is 5.10 Å². The molecule has 1 amide bonds. The number of halogens is 1.